The Morgan fingerprint density at radius 1 is 1.42 bits per heavy atom. The van der Waals surface area contributed by atoms with Crippen LogP contribution >= 0.6 is 0 Å². The molecule has 1 aromatic rings. The van der Waals surface area contributed by atoms with E-state index in [1.165, 1.54) is 19.4 Å². The second-order valence-electron chi connectivity index (χ2n) is 5.99. The van der Waals surface area contributed by atoms with E-state index in [-0.39, 0.29) is 23.4 Å². The van der Waals surface area contributed by atoms with Crippen molar-refractivity contribution in [3.05, 3.63) is 35.9 Å². The van der Waals surface area contributed by atoms with Crippen molar-refractivity contribution in [3.63, 3.8) is 0 Å². The molecule has 0 aromatic carbocycles. The number of likely N-dealkylation sites (N-methyl/N-ethyl adjacent to an activating group) is 1. The molecule has 1 saturated heterocycles. The molecule has 8 heteroatoms. The smallest absolute Gasteiger partial charge is 0.345 e. The molecule has 1 aromatic heterocycles. The van der Waals surface area contributed by atoms with Crippen molar-refractivity contribution in [3.8, 4) is 0 Å². The Morgan fingerprint density at radius 3 is 2.88 bits per heavy atom. The lowest BCUT2D eigenvalue weighted by Crippen LogP contribution is -2.47. The third-order valence-electron chi connectivity index (χ3n) is 4.52. The summed E-state index contributed by atoms with van der Waals surface area (Å²) in [6.45, 7) is 2.69. The van der Waals surface area contributed by atoms with E-state index in [0.717, 1.165) is 30.0 Å². The highest BCUT2D eigenvalue weighted by Gasteiger charge is 2.35. The molecule has 0 aliphatic carbocycles. The van der Waals surface area contributed by atoms with E-state index in [2.05, 4.69) is 4.40 Å². The summed E-state index contributed by atoms with van der Waals surface area (Å²) in [5, 5.41) is 0. The second kappa shape index (κ2) is 6.43. The summed E-state index contributed by atoms with van der Waals surface area (Å²) in [7, 11) is -2.59. The van der Waals surface area contributed by atoms with Gasteiger partial charge in [-0.2, -0.15) is 8.42 Å². The molecule has 1 atom stereocenters. The SMILES string of the molecule is CC[C@H]1CCCCN1C(=O)C1=CC(c2ccco2)=NS(=O)(=O)N1C. The number of hydrogen-bond donors (Lipinski definition) is 0. The molecular weight excluding hydrogens is 330 g/mol. The molecule has 2 aliphatic rings. The second-order valence-corrected chi connectivity index (χ2v) is 7.61. The zero-order chi connectivity index (χ0) is 17.3. The van der Waals surface area contributed by atoms with Crippen LogP contribution in [0.15, 0.2) is 39.0 Å². The van der Waals surface area contributed by atoms with Gasteiger partial charge >= 0.3 is 10.2 Å². The number of amides is 1. The highest BCUT2D eigenvalue weighted by atomic mass is 32.2. The Bertz CT molecular complexity index is 780. The molecule has 2 aliphatic heterocycles. The summed E-state index contributed by atoms with van der Waals surface area (Å²) < 4.78 is 34.6. The Kier molecular flexibility index (Phi) is 4.49. The van der Waals surface area contributed by atoms with E-state index < -0.39 is 10.2 Å². The maximum atomic E-state index is 13.0. The van der Waals surface area contributed by atoms with Gasteiger partial charge in [0, 0.05) is 19.6 Å². The predicted octanol–water partition coefficient (Wildman–Crippen LogP) is 1.93. The van der Waals surface area contributed by atoms with Crippen LogP contribution in [0.25, 0.3) is 0 Å². The van der Waals surface area contributed by atoms with Gasteiger partial charge in [-0.05, 0) is 43.9 Å². The normalized spacial score (nSPS) is 23.7. The van der Waals surface area contributed by atoms with Crippen LogP contribution in [0.2, 0.25) is 0 Å². The van der Waals surface area contributed by atoms with Crippen molar-refractivity contribution in [2.45, 2.75) is 38.6 Å². The van der Waals surface area contributed by atoms with Gasteiger partial charge in [-0.3, -0.25) is 4.79 Å². The zero-order valence-corrected chi connectivity index (χ0v) is 14.6. The maximum absolute atomic E-state index is 13.0. The number of carbonyl (C=O) groups is 1. The zero-order valence-electron chi connectivity index (χ0n) is 13.8. The van der Waals surface area contributed by atoms with Gasteiger partial charge in [0.1, 0.15) is 11.4 Å². The van der Waals surface area contributed by atoms with Gasteiger partial charge in [-0.15, -0.1) is 4.40 Å². The Hall–Kier alpha value is -2.09. The molecule has 0 bridgehead atoms. The first kappa shape index (κ1) is 16.8. The maximum Gasteiger partial charge on any atom is 0.345 e. The van der Waals surface area contributed by atoms with E-state index in [9.17, 15) is 13.2 Å². The molecule has 130 valence electrons. The van der Waals surface area contributed by atoms with Gasteiger partial charge in [0.2, 0.25) is 0 Å². The number of nitrogens with zero attached hydrogens (tertiary/aromatic N) is 3. The number of rotatable bonds is 3. The van der Waals surface area contributed by atoms with Crippen LogP contribution in [0, 0.1) is 0 Å². The number of furan rings is 1. The van der Waals surface area contributed by atoms with Crippen molar-refractivity contribution >= 4 is 21.8 Å². The number of piperidine rings is 1. The van der Waals surface area contributed by atoms with Crippen molar-refractivity contribution in [2.75, 3.05) is 13.6 Å². The average molecular weight is 351 g/mol. The monoisotopic (exact) mass is 351 g/mol. The van der Waals surface area contributed by atoms with Gasteiger partial charge < -0.3 is 9.32 Å². The summed E-state index contributed by atoms with van der Waals surface area (Å²) in [6.07, 6.45) is 6.76. The Morgan fingerprint density at radius 2 is 2.21 bits per heavy atom. The van der Waals surface area contributed by atoms with E-state index >= 15 is 0 Å². The first-order chi connectivity index (χ1) is 11.4. The minimum absolute atomic E-state index is 0.108. The predicted molar refractivity (Wildman–Crippen MR) is 89.7 cm³/mol. The van der Waals surface area contributed by atoms with Gasteiger partial charge in [0.05, 0.1) is 6.26 Å². The number of likely N-dealkylation sites (tertiary alicyclic amines) is 1. The minimum Gasteiger partial charge on any atom is -0.463 e. The molecule has 7 nitrogen and oxygen atoms in total. The molecule has 1 amide bonds. The number of carbonyl (C=O) groups excluding carboxylic acids is 1. The minimum atomic E-state index is -3.95. The van der Waals surface area contributed by atoms with E-state index in [4.69, 9.17) is 4.42 Å². The lowest BCUT2D eigenvalue weighted by molar-refractivity contribution is -0.131. The average Bonchev–Trinajstić information content (AvgIpc) is 3.11. The van der Waals surface area contributed by atoms with Crippen LogP contribution < -0.4 is 0 Å². The highest BCUT2D eigenvalue weighted by Crippen LogP contribution is 2.26. The standard InChI is InChI=1S/C16H21N3O4S/c1-3-12-7-4-5-9-19(12)16(20)14-11-13(15-8-6-10-23-15)17-24(21,22)18(14)2/h6,8,10-12H,3-5,7,9H2,1-2H3/t12-/m0/s1. The Balaban J connectivity index is 1.98. The van der Waals surface area contributed by atoms with Crippen LogP contribution in [0.5, 0.6) is 0 Å². The van der Waals surface area contributed by atoms with Crippen molar-refractivity contribution in [1.29, 1.82) is 0 Å². The molecular formula is C16H21N3O4S. The topological polar surface area (TPSA) is 83.2 Å². The van der Waals surface area contributed by atoms with Gasteiger partial charge in [-0.1, -0.05) is 6.92 Å². The highest BCUT2D eigenvalue weighted by molar-refractivity contribution is 7.88. The molecule has 1 fully saturated rings. The largest absolute Gasteiger partial charge is 0.463 e. The summed E-state index contributed by atoms with van der Waals surface area (Å²) in [6, 6.07) is 3.42. The Labute approximate surface area is 141 Å². The summed E-state index contributed by atoms with van der Waals surface area (Å²) in [5.41, 5.74) is 0.253. The summed E-state index contributed by atoms with van der Waals surface area (Å²) in [4.78, 5) is 14.8. The van der Waals surface area contributed by atoms with E-state index in [1.807, 2.05) is 6.92 Å². The van der Waals surface area contributed by atoms with Crippen molar-refractivity contribution < 1.29 is 17.6 Å². The molecule has 0 saturated carbocycles. The number of allylic oxidation sites excluding steroid dienone is 1. The summed E-state index contributed by atoms with van der Waals surface area (Å²) in [5.74, 6) is 0.0502. The lowest BCUT2D eigenvalue weighted by Gasteiger charge is -2.37. The van der Waals surface area contributed by atoms with Crippen LogP contribution in [0.4, 0.5) is 0 Å². The van der Waals surface area contributed by atoms with Crippen LogP contribution in [-0.2, 0) is 15.0 Å². The number of hydrogen-bond acceptors (Lipinski definition) is 4. The van der Waals surface area contributed by atoms with Crippen molar-refractivity contribution in [1.82, 2.24) is 9.21 Å². The van der Waals surface area contributed by atoms with Gasteiger partial charge in [0.25, 0.3) is 5.91 Å². The van der Waals surface area contributed by atoms with Crippen LogP contribution in [0.3, 0.4) is 0 Å². The van der Waals surface area contributed by atoms with Gasteiger partial charge in [-0.25, -0.2) is 4.31 Å². The molecule has 0 N–H and O–H groups in total. The van der Waals surface area contributed by atoms with Gasteiger partial charge in [0.15, 0.2) is 5.76 Å². The van der Waals surface area contributed by atoms with E-state index in [0.29, 0.717) is 12.3 Å². The quantitative estimate of drug-likeness (QED) is 0.833. The fourth-order valence-electron chi connectivity index (χ4n) is 3.13. The van der Waals surface area contributed by atoms with E-state index in [1.54, 1.807) is 17.0 Å². The fraction of sp³-hybridized carbons (Fsp3) is 0.500. The molecule has 0 radical (unpaired) electrons. The molecule has 3 rings (SSSR count). The first-order valence-electron chi connectivity index (χ1n) is 8.09. The van der Waals surface area contributed by atoms with Crippen LogP contribution in [-0.4, -0.2) is 48.9 Å². The molecule has 24 heavy (non-hydrogen) atoms. The third kappa shape index (κ3) is 2.98. The first-order valence-corrected chi connectivity index (χ1v) is 9.49. The molecule has 3 heterocycles. The van der Waals surface area contributed by atoms with Crippen molar-refractivity contribution in [2.24, 2.45) is 4.40 Å². The molecule has 0 unspecified atom stereocenters. The fourth-order valence-corrected chi connectivity index (χ4v) is 4.03. The lowest BCUT2D eigenvalue weighted by atomic mass is 9.99. The van der Waals surface area contributed by atoms with Crippen LogP contribution in [0.1, 0.15) is 38.4 Å². The molecule has 0 spiro atoms. The summed E-state index contributed by atoms with van der Waals surface area (Å²) >= 11 is 0. The third-order valence-corrected chi connectivity index (χ3v) is 5.84.